The van der Waals surface area contributed by atoms with Crippen LogP contribution in [-0.4, -0.2) is 28.5 Å². The molecule has 0 radical (unpaired) electrons. The molecule has 2 fully saturated rings. The molecule has 0 unspecified atom stereocenters. The summed E-state index contributed by atoms with van der Waals surface area (Å²) in [7, 11) is 0. The first kappa shape index (κ1) is 31.8. The second-order valence-corrected chi connectivity index (χ2v) is 15.2. The maximum atomic E-state index is 15.3. The van der Waals surface area contributed by atoms with Crippen molar-refractivity contribution in [2.45, 2.75) is 24.2 Å². The number of amides is 2. The molecule has 1 N–H and O–H groups in total. The van der Waals surface area contributed by atoms with E-state index < -0.39 is 35.0 Å². The molecule has 4 aliphatic rings. The number of rotatable bonds is 4. The van der Waals surface area contributed by atoms with Crippen LogP contribution >= 0.6 is 22.6 Å². The number of phenols is 1. The number of carbonyl (C=O) groups excluding carboxylic acids is 4. The molecule has 0 spiro atoms. The summed E-state index contributed by atoms with van der Waals surface area (Å²) < 4.78 is 0.988. The molecule has 1 heterocycles. The molecule has 1 saturated carbocycles. The summed E-state index contributed by atoms with van der Waals surface area (Å²) in [5.41, 5.74) is 2.16. The van der Waals surface area contributed by atoms with Gasteiger partial charge >= 0.3 is 0 Å². The number of fused-ring (bicyclic) bond motifs is 5. The first-order chi connectivity index (χ1) is 24.8. The lowest BCUT2D eigenvalue weighted by atomic mass is 9.44. The van der Waals surface area contributed by atoms with Crippen LogP contribution in [0.5, 0.6) is 5.75 Å². The van der Waals surface area contributed by atoms with Crippen LogP contribution in [0.25, 0.3) is 16.3 Å². The van der Waals surface area contributed by atoms with Gasteiger partial charge < -0.3 is 5.11 Å². The molecular weight excluding hydrogens is 749 g/mol. The molecule has 1 saturated heterocycles. The van der Waals surface area contributed by atoms with Gasteiger partial charge in [0, 0.05) is 26.5 Å². The van der Waals surface area contributed by atoms with Gasteiger partial charge in [-0.3, -0.25) is 24.1 Å². The van der Waals surface area contributed by atoms with Crippen molar-refractivity contribution in [2.75, 3.05) is 4.90 Å². The summed E-state index contributed by atoms with van der Waals surface area (Å²) in [4.78, 5) is 60.5. The van der Waals surface area contributed by atoms with Crippen molar-refractivity contribution in [3.8, 4) is 5.75 Å². The van der Waals surface area contributed by atoms with Crippen molar-refractivity contribution in [1.82, 2.24) is 0 Å². The second kappa shape index (κ2) is 12.0. The van der Waals surface area contributed by atoms with Crippen molar-refractivity contribution >= 4 is 68.0 Å². The molecule has 6 atom stereocenters. The van der Waals surface area contributed by atoms with Crippen LogP contribution in [-0.2, 0) is 24.6 Å². The largest absolute Gasteiger partial charge is 0.508 e. The SMILES string of the molecule is O=C1C(c2ccccc2)=CC(=O)[C@@]2(c3ccccc3)[C@@H](c3c(O)ccc4ccccc34)C3=CC[C@@H]4C(=O)N(c5ccc(I)cc5)C(=O)[C@@H]4[C@@H]3C[C@@H]12. The molecule has 5 aromatic carbocycles. The molecule has 9 rings (SSSR count). The van der Waals surface area contributed by atoms with Gasteiger partial charge in [-0.1, -0.05) is 103 Å². The van der Waals surface area contributed by atoms with Gasteiger partial charge in [0.15, 0.2) is 11.6 Å². The molecule has 0 aromatic heterocycles. The van der Waals surface area contributed by atoms with Crippen LogP contribution in [0.2, 0.25) is 0 Å². The number of anilines is 1. The number of carbonyl (C=O) groups is 4. The van der Waals surface area contributed by atoms with Gasteiger partial charge in [0.2, 0.25) is 11.8 Å². The summed E-state index contributed by atoms with van der Waals surface area (Å²) in [5.74, 6) is -4.44. The molecule has 0 bridgehead atoms. The average molecular weight is 782 g/mol. The normalized spacial score (nSPS) is 27.1. The Bertz CT molecular complexity index is 2350. The zero-order valence-electron chi connectivity index (χ0n) is 27.4. The highest BCUT2D eigenvalue weighted by atomic mass is 127. The Morgan fingerprint density at radius 1 is 0.725 bits per heavy atom. The smallest absolute Gasteiger partial charge is 0.238 e. The third-order valence-corrected chi connectivity index (χ3v) is 12.4. The van der Waals surface area contributed by atoms with Gasteiger partial charge in [0.25, 0.3) is 0 Å². The topological polar surface area (TPSA) is 91.8 Å². The summed E-state index contributed by atoms with van der Waals surface area (Å²) in [6.45, 7) is 0. The minimum atomic E-state index is -1.42. The number of nitrogens with zero attached hydrogens (tertiary/aromatic N) is 1. The number of hydrogen-bond donors (Lipinski definition) is 1. The third kappa shape index (κ3) is 4.60. The predicted octanol–water partition coefficient (Wildman–Crippen LogP) is 8.18. The van der Waals surface area contributed by atoms with Crippen molar-refractivity contribution in [2.24, 2.45) is 23.7 Å². The fraction of sp³-hybridized carbons (Fsp3) is 0.182. The van der Waals surface area contributed by atoms with Crippen LogP contribution < -0.4 is 4.90 Å². The number of Topliss-reactive ketones (excluding diaryl/α,β-unsaturated/α-hetero) is 1. The summed E-state index contributed by atoms with van der Waals surface area (Å²) in [6.07, 6.45) is 4.06. The highest BCUT2D eigenvalue weighted by Crippen LogP contribution is 2.65. The second-order valence-electron chi connectivity index (χ2n) is 14.0. The quantitative estimate of drug-likeness (QED) is 0.113. The minimum absolute atomic E-state index is 0.0175. The monoisotopic (exact) mass is 781 g/mol. The van der Waals surface area contributed by atoms with Gasteiger partial charge in [-0.2, -0.15) is 0 Å². The van der Waals surface area contributed by atoms with E-state index in [1.807, 2.05) is 109 Å². The van der Waals surface area contributed by atoms with Crippen LogP contribution in [0, 0.1) is 27.2 Å². The van der Waals surface area contributed by atoms with Crippen LogP contribution in [0.15, 0.2) is 139 Å². The highest BCUT2D eigenvalue weighted by Gasteiger charge is 2.66. The number of ketones is 2. The highest BCUT2D eigenvalue weighted by molar-refractivity contribution is 14.1. The summed E-state index contributed by atoms with van der Waals surface area (Å²) in [6, 6.07) is 37.3. The Morgan fingerprint density at radius 3 is 2.16 bits per heavy atom. The molecule has 51 heavy (non-hydrogen) atoms. The van der Waals surface area contributed by atoms with E-state index in [1.165, 1.54) is 11.0 Å². The number of halogens is 1. The first-order valence-electron chi connectivity index (χ1n) is 17.3. The van der Waals surface area contributed by atoms with E-state index in [9.17, 15) is 14.7 Å². The van der Waals surface area contributed by atoms with Crippen molar-refractivity contribution in [3.63, 3.8) is 0 Å². The fourth-order valence-electron chi connectivity index (χ4n) is 9.62. The minimum Gasteiger partial charge on any atom is -0.508 e. The number of benzene rings is 5. The standard InChI is InChI=1S/C44H32INO5/c45-28-16-18-29(19-17-28)46-42(50)32-21-20-31-34(38(32)43(46)51)23-35-41(49)33(25-9-3-1-4-10-25)24-37(48)44(35,27-12-5-2-6-13-27)40(31)39-30-14-8-7-11-26(30)15-22-36(39)47/h1-20,22,24,32,34-35,38,40,47H,21,23H2/t32-,34+,35-,38-,40+,44-/m0/s1. The predicted molar refractivity (Wildman–Crippen MR) is 204 cm³/mol. The van der Waals surface area contributed by atoms with E-state index in [-0.39, 0.29) is 35.6 Å². The van der Waals surface area contributed by atoms with Crippen molar-refractivity contribution < 1.29 is 24.3 Å². The van der Waals surface area contributed by atoms with Crippen LogP contribution in [0.1, 0.15) is 35.4 Å². The van der Waals surface area contributed by atoms with E-state index in [0.717, 1.165) is 19.9 Å². The van der Waals surface area contributed by atoms with Crippen molar-refractivity contribution in [1.29, 1.82) is 0 Å². The van der Waals surface area contributed by atoms with Crippen LogP contribution in [0.4, 0.5) is 5.69 Å². The van der Waals surface area contributed by atoms with Gasteiger partial charge in [0.05, 0.1) is 22.9 Å². The van der Waals surface area contributed by atoms with Gasteiger partial charge in [-0.05, 0) is 99.7 Å². The molecule has 2 amide bonds. The maximum Gasteiger partial charge on any atom is 0.238 e. The lowest BCUT2D eigenvalue weighted by Crippen LogP contribution is -2.58. The average Bonchev–Trinajstić information content (AvgIpc) is 3.42. The molecule has 250 valence electrons. The molecule has 6 nitrogen and oxygen atoms in total. The van der Waals surface area contributed by atoms with Gasteiger partial charge in [0.1, 0.15) is 5.75 Å². The van der Waals surface area contributed by atoms with E-state index in [2.05, 4.69) is 22.6 Å². The number of aromatic hydroxyl groups is 1. The zero-order valence-corrected chi connectivity index (χ0v) is 29.6. The Hall–Kier alpha value is -5.15. The number of phenolic OH excluding ortho intramolecular Hbond substituents is 1. The number of imide groups is 1. The summed E-state index contributed by atoms with van der Waals surface area (Å²) >= 11 is 2.20. The molecule has 7 heteroatoms. The zero-order chi connectivity index (χ0) is 35.0. The summed E-state index contributed by atoms with van der Waals surface area (Å²) in [5, 5.41) is 13.6. The molecule has 1 aliphatic heterocycles. The third-order valence-electron chi connectivity index (χ3n) is 11.7. The van der Waals surface area contributed by atoms with E-state index in [4.69, 9.17) is 0 Å². The van der Waals surface area contributed by atoms with E-state index in [0.29, 0.717) is 34.4 Å². The van der Waals surface area contributed by atoms with Crippen LogP contribution in [0.3, 0.4) is 0 Å². The Morgan fingerprint density at radius 2 is 1.41 bits per heavy atom. The molecule has 5 aromatic rings. The Kier molecular flexibility index (Phi) is 7.47. The Labute approximate surface area is 308 Å². The van der Waals surface area contributed by atoms with Gasteiger partial charge in [-0.15, -0.1) is 0 Å². The maximum absolute atomic E-state index is 15.3. The van der Waals surface area contributed by atoms with Gasteiger partial charge in [-0.25, -0.2) is 0 Å². The molecule has 3 aliphatic carbocycles. The lowest BCUT2D eigenvalue weighted by molar-refractivity contribution is -0.135. The first-order valence-corrected chi connectivity index (χ1v) is 18.3. The lowest BCUT2D eigenvalue weighted by Gasteiger charge is -2.55. The number of allylic oxidation sites excluding steroid dienone is 4. The fourth-order valence-corrected chi connectivity index (χ4v) is 9.98. The number of hydrogen-bond acceptors (Lipinski definition) is 5. The van der Waals surface area contributed by atoms with E-state index in [1.54, 1.807) is 18.2 Å². The van der Waals surface area contributed by atoms with Crippen molar-refractivity contribution in [3.05, 3.63) is 159 Å². The van der Waals surface area contributed by atoms with E-state index >= 15 is 9.59 Å². The molecular formula is C44H32INO5. The Balaban J connectivity index is 1.32.